The van der Waals surface area contributed by atoms with Gasteiger partial charge in [-0.2, -0.15) is 0 Å². The van der Waals surface area contributed by atoms with E-state index in [0.29, 0.717) is 12.1 Å². The number of aliphatic hydroxyl groups is 1. The highest BCUT2D eigenvalue weighted by molar-refractivity contribution is 5.89. The zero-order valence-corrected chi connectivity index (χ0v) is 17.6. The Bertz CT molecular complexity index is 793. The summed E-state index contributed by atoms with van der Waals surface area (Å²) in [6.45, 7) is -0.170. The van der Waals surface area contributed by atoms with Crippen molar-refractivity contribution in [1.82, 2.24) is 10.2 Å². The Labute approximate surface area is 176 Å². The van der Waals surface area contributed by atoms with Gasteiger partial charge in [0.15, 0.2) is 0 Å². The van der Waals surface area contributed by atoms with Gasteiger partial charge < -0.3 is 30.1 Å². The Balaban J connectivity index is 1.47. The molecule has 8 nitrogen and oxygen atoms in total. The molecular weight excluding hydrogens is 386 g/mol. The van der Waals surface area contributed by atoms with E-state index >= 15 is 0 Å². The first-order chi connectivity index (χ1) is 14.4. The van der Waals surface area contributed by atoms with Gasteiger partial charge in [-0.1, -0.05) is 12.8 Å². The molecule has 1 saturated heterocycles. The molecule has 0 unspecified atom stereocenters. The molecule has 4 atom stereocenters. The zero-order valence-electron chi connectivity index (χ0n) is 17.6. The molecule has 1 aromatic rings. The van der Waals surface area contributed by atoms with Crippen LogP contribution in [0, 0.1) is 0 Å². The van der Waals surface area contributed by atoms with Gasteiger partial charge in [-0.05, 0) is 37.5 Å². The van der Waals surface area contributed by atoms with Gasteiger partial charge in [0.2, 0.25) is 5.91 Å². The summed E-state index contributed by atoms with van der Waals surface area (Å²) in [6.07, 6.45) is 4.22. The molecular formula is C22H31N3O5. The number of urea groups is 1. The third-order valence-electron chi connectivity index (χ3n) is 6.35. The van der Waals surface area contributed by atoms with Gasteiger partial charge in [-0.15, -0.1) is 0 Å². The molecule has 1 aliphatic carbocycles. The topological polar surface area (TPSA) is 100 Å². The zero-order chi connectivity index (χ0) is 21.3. The summed E-state index contributed by atoms with van der Waals surface area (Å²) in [7, 11) is 3.44. The first-order valence-corrected chi connectivity index (χ1v) is 10.8. The number of hydrogen-bond donors (Lipinski definition) is 3. The van der Waals surface area contributed by atoms with E-state index in [4.69, 9.17) is 9.47 Å². The van der Waals surface area contributed by atoms with Crippen LogP contribution < -0.4 is 15.4 Å². The third-order valence-corrected chi connectivity index (χ3v) is 6.35. The van der Waals surface area contributed by atoms with Crippen LogP contribution >= 0.6 is 0 Å². The summed E-state index contributed by atoms with van der Waals surface area (Å²) in [5.41, 5.74) is 1.70. The second-order valence-electron chi connectivity index (χ2n) is 8.73. The Morgan fingerprint density at radius 2 is 2.00 bits per heavy atom. The van der Waals surface area contributed by atoms with Crippen LogP contribution in [0.1, 0.15) is 50.0 Å². The maximum Gasteiger partial charge on any atom is 0.319 e. The normalized spacial score (nSPS) is 27.7. The van der Waals surface area contributed by atoms with Crippen LogP contribution in [0.15, 0.2) is 18.2 Å². The molecule has 2 fully saturated rings. The molecule has 2 heterocycles. The number of rotatable bonds is 5. The third kappa shape index (κ3) is 4.39. The summed E-state index contributed by atoms with van der Waals surface area (Å²) in [5.74, 6) is 0.743. The van der Waals surface area contributed by atoms with Crippen LogP contribution in [0.5, 0.6) is 5.75 Å². The lowest BCUT2D eigenvalue weighted by atomic mass is 9.84. The average Bonchev–Trinajstić information content (AvgIpc) is 3.34. The second-order valence-corrected chi connectivity index (χ2v) is 8.73. The van der Waals surface area contributed by atoms with Gasteiger partial charge in [0.25, 0.3) is 0 Å². The van der Waals surface area contributed by atoms with Crippen molar-refractivity contribution in [1.29, 1.82) is 0 Å². The van der Waals surface area contributed by atoms with Crippen molar-refractivity contribution < 1.29 is 24.2 Å². The number of amides is 3. The lowest BCUT2D eigenvalue weighted by molar-refractivity contribution is -0.147. The van der Waals surface area contributed by atoms with E-state index < -0.39 is 6.10 Å². The number of anilines is 1. The van der Waals surface area contributed by atoms with Gasteiger partial charge in [0, 0.05) is 37.3 Å². The summed E-state index contributed by atoms with van der Waals surface area (Å²) in [6, 6.07) is 5.69. The number of nitrogens with one attached hydrogen (secondary N) is 2. The first kappa shape index (κ1) is 20.9. The van der Waals surface area contributed by atoms with Gasteiger partial charge >= 0.3 is 6.03 Å². The van der Waals surface area contributed by atoms with E-state index in [1.165, 1.54) is 0 Å². The maximum absolute atomic E-state index is 12.3. The first-order valence-electron chi connectivity index (χ1n) is 10.8. The largest absolute Gasteiger partial charge is 0.487 e. The van der Waals surface area contributed by atoms with Crippen molar-refractivity contribution in [2.45, 2.75) is 68.8 Å². The minimum absolute atomic E-state index is 0.00510. The summed E-state index contributed by atoms with van der Waals surface area (Å²) in [4.78, 5) is 26.0. The fourth-order valence-corrected chi connectivity index (χ4v) is 4.77. The number of hydrogen-bond acceptors (Lipinski definition) is 5. The molecule has 30 heavy (non-hydrogen) atoms. The van der Waals surface area contributed by atoms with Crippen molar-refractivity contribution in [3.63, 3.8) is 0 Å². The van der Waals surface area contributed by atoms with E-state index in [0.717, 1.165) is 37.0 Å². The monoisotopic (exact) mass is 417 g/mol. The van der Waals surface area contributed by atoms with Crippen LogP contribution in [0.2, 0.25) is 0 Å². The number of ether oxygens (including phenoxy) is 2. The predicted octanol–water partition coefficient (Wildman–Crippen LogP) is 2.22. The van der Waals surface area contributed by atoms with E-state index in [-0.39, 0.29) is 49.1 Å². The molecule has 8 heteroatoms. The van der Waals surface area contributed by atoms with Gasteiger partial charge in [0.05, 0.1) is 19.1 Å². The van der Waals surface area contributed by atoms with Crippen LogP contribution in [-0.4, -0.2) is 67.0 Å². The highest BCUT2D eigenvalue weighted by atomic mass is 16.6. The van der Waals surface area contributed by atoms with Crippen LogP contribution in [0.3, 0.4) is 0 Å². The summed E-state index contributed by atoms with van der Waals surface area (Å²) < 4.78 is 12.0. The van der Waals surface area contributed by atoms with Gasteiger partial charge in [0.1, 0.15) is 18.0 Å². The molecule has 1 aromatic carbocycles. The van der Waals surface area contributed by atoms with E-state index in [1.807, 2.05) is 18.2 Å². The number of carbonyl (C=O) groups excluding carboxylic acids is 2. The van der Waals surface area contributed by atoms with E-state index in [1.54, 1.807) is 19.0 Å². The Kier molecular flexibility index (Phi) is 6.15. The SMILES string of the molecule is CN(C)C(=O)C[C@@H]1C[C@H]2c3cc(NC(=O)NC4CCCC4)ccc3O[C@H]2[C@@H](CO)O1. The standard InChI is InChI=1S/C22H31N3O5/c1-25(2)20(27)11-15-10-17-16-9-14(24-22(28)23-13-5-3-4-6-13)7-8-18(16)30-21(17)19(12-26)29-15/h7-9,13,15,17,19,21,26H,3-6,10-12H2,1-2H3,(H2,23,24,28)/t15-,17-,19+,21+/m0/s1. The highest BCUT2D eigenvalue weighted by Gasteiger charge is 2.46. The molecule has 0 radical (unpaired) electrons. The Hall–Kier alpha value is -2.32. The van der Waals surface area contributed by atoms with Crippen molar-refractivity contribution in [3.05, 3.63) is 23.8 Å². The van der Waals surface area contributed by atoms with Crippen LogP contribution in [0.4, 0.5) is 10.5 Å². The number of fused-ring (bicyclic) bond motifs is 3. The number of benzene rings is 1. The van der Waals surface area contributed by atoms with E-state index in [9.17, 15) is 14.7 Å². The van der Waals surface area contributed by atoms with Gasteiger partial charge in [-0.3, -0.25) is 4.79 Å². The molecule has 1 saturated carbocycles. The molecule has 4 rings (SSSR count). The van der Waals surface area contributed by atoms with Crippen molar-refractivity contribution in [2.75, 3.05) is 26.0 Å². The van der Waals surface area contributed by atoms with Crippen molar-refractivity contribution in [2.24, 2.45) is 0 Å². The lowest BCUT2D eigenvalue weighted by Gasteiger charge is -2.37. The molecule has 2 aliphatic heterocycles. The number of aliphatic hydroxyl groups excluding tert-OH is 1. The number of nitrogens with zero attached hydrogens (tertiary/aromatic N) is 1. The maximum atomic E-state index is 12.3. The van der Waals surface area contributed by atoms with Crippen LogP contribution in [0.25, 0.3) is 0 Å². The quantitative estimate of drug-likeness (QED) is 0.682. The fraction of sp³-hybridized carbons (Fsp3) is 0.636. The molecule has 3 aliphatic rings. The Morgan fingerprint density at radius 3 is 2.70 bits per heavy atom. The summed E-state index contributed by atoms with van der Waals surface area (Å²) in [5, 5.41) is 15.8. The predicted molar refractivity (Wildman–Crippen MR) is 112 cm³/mol. The fourth-order valence-electron chi connectivity index (χ4n) is 4.77. The molecule has 3 N–H and O–H groups in total. The van der Waals surface area contributed by atoms with E-state index in [2.05, 4.69) is 10.6 Å². The molecule has 3 amide bonds. The van der Waals surface area contributed by atoms with Crippen molar-refractivity contribution in [3.8, 4) is 5.75 Å². The molecule has 0 spiro atoms. The minimum Gasteiger partial charge on any atom is -0.487 e. The average molecular weight is 418 g/mol. The lowest BCUT2D eigenvalue weighted by Crippen LogP contribution is -2.47. The molecule has 0 bridgehead atoms. The minimum atomic E-state index is -0.488. The summed E-state index contributed by atoms with van der Waals surface area (Å²) >= 11 is 0. The van der Waals surface area contributed by atoms with Crippen LogP contribution in [-0.2, 0) is 9.53 Å². The molecule has 164 valence electrons. The van der Waals surface area contributed by atoms with Crippen molar-refractivity contribution >= 4 is 17.6 Å². The molecule has 0 aromatic heterocycles. The highest BCUT2D eigenvalue weighted by Crippen LogP contribution is 2.47. The smallest absolute Gasteiger partial charge is 0.319 e. The second kappa shape index (κ2) is 8.81. The Morgan fingerprint density at radius 1 is 1.23 bits per heavy atom. The number of carbonyl (C=O) groups is 2. The van der Waals surface area contributed by atoms with Gasteiger partial charge in [-0.25, -0.2) is 4.79 Å².